The summed E-state index contributed by atoms with van der Waals surface area (Å²) in [7, 11) is 0. The average Bonchev–Trinajstić information content (AvgIpc) is 3.19. The number of carboxylic acids is 1. The van der Waals surface area contributed by atoms with Crippen LogP contribution in [0.4, 0.5) is 4.39 Å². The Balaban J connectivity index is 1.69. The molecule has 7 heteroatoms. The van der Waals surface area contributed by atoms with Crippen molar-refractivity contribution in [1.29, 1.82) is 0 Å². The number of aromatic nitrogens is 2. The molecule has 2 aliphatic carbocycles. The molecule has 1 atom stereocenters. The minimum Gasteiger partial charge on any atom is -0.480 e. The van der Waals surface area contributed by atoms with E-state index in [4.69, 9.17) is 0 Å². The lowest BCUT2D eigenvalue weighted by molar-refractivity contribution is -0.139. The molecule has 1 saturated carbocycles. The molecular weight excluding hydrogens is 337 g/mol. The second kappa shape index (κ2) is 6.23. The molecule has 1 fully saturated rings. The number of carbonyl (C=O) groups excluding carboxylic acids is 1. The minimum atomic E-state index is -1.03. The fourth-order valence-electron chi connectivity index (χ4n) is 3.62. The summed E-state index contributed by atoms with van der Waals surface area (Å²) in [4.78, 5) is 24.1. The van der Waals surface area contributed by atoms with Gasteiger partial charge in [0.2, 0.25) is 0 Å². The van der Waals surface area contributed by atoms with Crippen molar-refractivity contribution in [2.75, 3.05) is 0 Å². The molecule has 136 valence electrons. The van der Waals surface area contributed by atoms with Gasteiger partial charge in [0.1, 0.15) is 17.5 Å². The van der Waals surface area contributed by atoms with Gasteiger partial charge >= 0.3 is 5.97 Å². The SMILES string of the molecule is Cc1ccc(-n2nc(C(=O)NC(C(=O)O)C3CC3)c3c2CCC3)c(F)c1. The van der Waals surface area contributed by atoms with E-state index in [9.17, 15) is 19.1 Å². The lowest BCUT2D eigenvalue weighted by Gasteiger charge is -2.12. The van der Waals surface area contributed by atoms with E-state index < -0.39 is 23.7 Å². The van der Waals surface area contributed by atoms with Crippen molar-refractivity contribution in [3.8, 4) is 5.69 Å². The molecule has 0 saturated heterocycles. The van der Waals surface area contributed by atoms with Gasteiger partial charge in [-0.1, -0.05) is 6.07 Å². The Morgan fingerprint density at radius 3 is 2.77 bits per heavy atom. The summed E-state index contributed by atoms with van der Waals surface area (Å²) in [6, 6.07) is 4.00. The standard InChI is InChI=1S/C19H20FN3O3/c1-10-5-8-15(13(20)9-10)23-14-4-2-3-12(14)17(22-23)18(24)21-16(19(25)26)11-6-7-11/h5,8-9,11,16H,2-4,6-7H2,1H3,(H,21,24)(H,25,26). The van der Waals surface area contributed by atoms with E-state index >= 15 is 0 Å². The summed E-state index contributed by atoms with van der Waals surface area (Å²) in [6.07, 6.45) is 3.88. The molecule has 4 rings (SSSR count). The quantitative estimate of drug-likeness (QED) is 0.861. The first-order chi connectivity index (χ1) is 12.5. The lowest BCUT2D eigenvalue weighted by Crippen LogP contribution is -2.42. The molecule has 0 spiro atoms. The second-order valence-electron chi connectivity index (χ2n) is 7.12. The van der Waals surface area contributed by atoms with Crippen LogP contribution in [-0.2, 0) is 17.6 Å². The number of aryl methyl sites for hydroxylation is 1. The molecule has 6 nitrogen and oxygen atoms in total. The Morgan fingerprint density at radius 2 is 2.12 bits per heavy atom. The van der Waals surface area contributed by atoms with Gasteiger partial charge in [-0.25, -0.2) is 13.9 Å². The van der Waals surface area contributed by atoms with Crippen LogP contribution in [0.5, 0.6) is 0 Å². The van der Waals surface area contributed by atoms with Crippen LogP contribution in [0.1, 0.15) is 46.6 Å². The Kier molecular flexibility index (Phi) is 4.01. The smallest absolute Gasteiger partial charge is 0.326 e. The second-order valence-corrected chi connectivity index (χ2v) is 7.12. The van der Waals surface area contributed by atoms with Crippen molar-refractivity contribution in [2.45, 2.75) is 45.1 Å². The molecular formula is C19H20FN3O3. The van der Waals surface area contributed by atoms with Crippen LogP contribution in [0, 0.1) is 18.7 Å². The third kappa shape index (κ3) is 2.87. The first-order valence-electron chi connectivity index (χ1n) is 8.86. The molecule has 2 aliphatic rings. The number of halogens is 1. The Hall–Kier alpha value is -2.70. The maximum Gasteiger partial charge on any atom is 0.326 e. The van der Waals surface area contributed by atoms with Gasteiger partial charge in [0.05, 0.1) is 0 Å². The number of hydrogen-bond donors (Lipinski definition) is 2. The van der Waals surface area contributed by atoms with Crippen molar-refractivity contribution in [1.82, 2.24) is 15.1 Å². The molecule has 2 aromatic rings. The summed E-state index contributed by atoms with van der Waals surface area (Å²) < 4.78 is 15.9. The van der Waals surface area contributed by atoms with E-state index in [0.29, 0.717) is 18.5 Å². The number of carboxylic acid groups (broad SMARTS) is 1. The van der Waals surface area contributed by atoms with Crippen molar-refractivity contribution in [2.24, 2.45) is 5.92 Å². The van der Waals surface area contributed by atoms with Crippen LogP contribution in [0.2, 0.25) is 0 Å². The van der Waals surface area contributed by atoms with Crippen LogP contribution < -0.4 is 5.32 Å². The highest BCUT2D eigenvalue weighted by molar-refractivity contribution is 5.96. The number of amides is 1. The molecule has 0 bridgehead atoms. The van der Waals surface area contributed by atoms with Crippen molar-refractivity contribution >= 4 is 11.9 Å². The first kappa shape index (κ1) is 16.8. The fourth-order valence-corrected chi connectivity index (χ4v) is 3.62. The number of aliphatic carboxylic acids is 1. The van der Waals surface area contributed by atoms with Crippen LogP contribution in [0.15, 0.2) is 18.2 Å². The third-order valence-electron chi connectivity index (χ3n) is 5.12. The van der Waals surface area contributed by atoms with E-state index in [1.807, 2.05) is 6.92 Å². The Labute approximate surface area is 150 Å². The van der Waals surface area contributed by atoms with Gasteiger partial charge in [-0.05, 0) is 62.6 Å². The average molecular weight is 357 g/mol. The molecule has 1 heterocycles. The number of carbonyl (C=O) groups is 2. The number of nitrogens with one attached hydrogen (secondary N) is 1. The number of nitrogens with zero attached hydrogens (tertiary/aromatic N) is 2. The van der Waals surface area contributed by atoms with Crippen molar-refractivity contribution in [3.05, 3.63) is 46.5 Å². The normalized spacial score (nSPS) is 17.0. The zero-order valence-corrected chi connectivity index (χ0v) is 14.5. The van der Waals surface area contributed by atoms with Gasteiger partial charge in [-0.15, -0.1) is 0 Å². The number of rotatable bonds is 5. The highest BCUT2D eigenvalue weighted by Crippen LogP contribution is 2.33. The predicted molar refractivity (Wildman–Crippen MR) is 91.9 cm³/mol. The summed E-state index contributed by atoms with van der Waals surface area (Å²) in [5.74, 6) is -1.92. The molecule has 0 aliphatic heterocycles. The first-order valence-corrected chi connectivity index (χ1v) is 8.86. The van der Waals surface area contributed by atoms with Gasteiger partial charge in [-0.2, -0.15) is 5.10 Å². The van der Waals surface area contributed by atoms with Gasteiger partial charge in [0.15, 0.2) is 5.69 Å². The summed E-state index contributed by atoms with van der Waals surface area (Å²) in [5.41, 5.74) is 2.95. The molecule has 1 unspecified atom stereocenters. The van der Waals surface area contributed by atoms with E-state index in [2.05, 4.69) is 10.4 Å². The van der Waals surface area contributed by atoms with Crippen LogP contribution >= 0.6 is 0 Å². The van der Waals surface area contributed by atoms with Gasteiger partial charge in [-0.3, -0.25) is 4.79 Å². The zero-order chi connectivity index (χ0) is 18.4. The highest BCUT2D eigenvalue weighted by atomic mass is 19.1. The maximum absolute atomic E-state index is 14.4. The number of fused-ring (bicyclic) bond motifs is 1. The summed E-state index contributed by atoms with van der Waals surface area (Å²) >= 11 is 0. The van der Waals surface area contributed by atoms with Gasteiger partial charge in [0.25, 0.3) is 5.91 Å². The third-order valence-corrected chi connectivity index (χ3v) is 5.12. The summed E-state index contributed by atoms with van der Waals surface area (Å²) in [5, 5.41) is 16.3. The fraction of sp³-hybridized carbons (Fsp3) is 0.421. The van der Waals surface area contributed by atoms with Crippen LogP contribution in [0.25, 0.3) is 5.69 Å². The summed E-state index contributed by atoms with van der Waals surface area (Å²) in [6.45, 7) is 1.81. The zero-order valence-electron chi connectivity index (χ0n) is 14.5. The molecule has 0 radical (unpaired) electrons. The Morgan fingerprint density at radius 1 is 1.35 bits per heavy atom. The van der Waals surface area contributed by atoms with E-state index in [1.165, 1.54) is 10.7 Å². The van der Waals surface area contributed by atoms with Crippen LogP contribution in [-0.4, -0.2) is 32.8 Å². The minimum absolute atomic E-state index is 0.0128. The largest absolute Gasteiger partial charge is 0.480 e. The van der Waals surface area contributed by atoms with E-state index in [0.717, 1.165) is 36.1 Å². The molecule has 26 heavy (non-hydrogen) atoms. The number of benzene rings is 1. The van der Waals surface area contributed by atoms with E-state index in [1.54, 1.807) is 12.1 Å². The number of hydrogen-bond acceptors (Lipinski definition) is 3. The van der Waals surface area contributed by atoms with Crippen molar-refractivity contribution in [3.63, 3.8) is 0 Å². The molecule has 1 aromatic carbocycles. The maximum atomic E-state index is 14.4. The van der Waals surface area contributed by atoms with E-state index in [-0.39, 0.29) is 11.6 Å². The van der Waals surface area contributed by atoms with Crippen molar-refractivity contribution < 1.29 is 19.1 Å². The topological polar surface area (TPSA) is 84.2 Å². The Bertz CT molecular complexity index is 902. The molecule has 1 aromatic heterocycles. The monoisotopic (exact) mass is 357 g/mol. The highest BCUT2D eigenvalue weighted by Gasteiger charge is 2.38. The van der Waals surface area contributed by atoms with Gasteiger partial charge in [0, 0.05) is 11.3 Å². The van der Waals surface area contributed by atoms with Crippen LogP contribution in [0.3, 0.4) is 0 Å². The predicted octanol–water partition coefficient (Wildman–Crippen LogP) is 2.40. The molecule has 2 N–H and O–H groups in total. The lowest BCUT2D eigenvalue weighted by atomic mass is 10.1. The van der Waals surface area contributed by atoms with Gasteiger partial charge < -0.3 is 10.4 Å². The molecule has 1 amide bonds.